The van der Waals surface area contributed by atoms with Crippen molar-refractivity contribution in [2.75, 3.05) is 19.6 Å². The fourth-order valence-electron chi connectivity index (χ4n) is 3.01. The van der Waals surface area contributed by atoms with E-state index in [1.807, 2.05) is 19.4 Å². The number of rotatable bonds is 6. The number of amides is 1. The highest BCUT2D eigenvalue weighted by atomic mass is 35.5. The summed E-state index contributed by atoms with van der Waals surface area (Å²) in [6, 6.07) is 0. The normalized spacial score (nSPS) is 19.1. The van der Waals surface area contributed by atoms with Crippen LogP contribution in [0.25, 0.3) is 0 Å². The number of nitrogens with one attached hydrogen (secondary N) is 2. The van der Waals surface area contributed by atoms with E-state index in [4.69, 9.17) is 0 Å². The molecular formula is C16H25Cl2N5OS. The quantitative estimate of drug-likeness (QED) is 0.769. The van der Waals surface area contributed by atoms with Crippen molar-refractivity contribution in [3.05, 3.63) is 34.0 Å². The highest BCUT2D eigenvalue weighted by Gasteiger charge is 2.34. The Morgan fingerprint density at radius 3 is 2.88 bits per heavy atom. The van der Waals surface area contributed by atoms with Gasteiger partial charge in [0.05, 0.1) is 22.8 Å². The van der Waals surface area contributed by atoms with Gasteiger partial charge in [0, 0.05) is 50.6 Å². The fraction of sp³-hybridized carbons (Fsp3) is 0.562. The van der Waals surface area contributed by atoms with E-state index >= 15 is 0 Å². The van der Waals surface area contributed by atoms with E-state index in [0.29, 0.717) is 6.54 Å². The third-order valence-electron chi connectivity index (χ3n) is 4.29. The van der Waals surface area contributed by atoms with Gasteiger partial charge < -0.3 is 10.6 Å². The SMILES string of the molecule is CCc1nc(CCNC(=O)[C@H]2CNC[C@@H]2c2cnn(C)c2)cs1.Cl.Cl. The molecule has 1 aliphatic heterocycles. The van der Waals surface area contributed by atoms with E-state index in [9.17, 15) is 4.79 Å². The molecule has 6 nitrogen and oxygen atoms in total. The van der Waals surface area contributed by atoms with Gasteiger partial charge in [-0.3, -0.25) is 9.48 Å². The monoisotopic (exact) mass is 405 g/mol. The van der Waals surface area contributed by atoms with E-state index in [1.54, 1.807) is 16.0 Å². The summed E-state index contributed by atoms with van der Waals surface area (Å²) in [6.45, 7) is 4.30. The van der Waals surface area contributed by atoms with Crippen molar-refractivity contribution in [3.8, 4) is 0 Å². The molecule has 2 aromatic heterocycles. The first-order valence-corrected chi connectivity index (χ1v) is 8.95. The molecule has 140 valence electrons. The summed E-state index contributed by atoms with van der Waals surface area (Å²) in [4.78, 5) is 17.0. The molecule has 25 heavy (non-hydrogen) atoms. The number of aromatic nitrogens is 3. The lowest BCUT2D eigenvalue weighted by Crippen LogP contribution is -2.35. The molecular weight excluding hydrogens is 381 g/mol. The maximum atomic E-state index is 12.5. The van der Waals surface area contributed by atoms with Crippen LogP contribution >= 0.6 is 36.2 Å². The molecule has 2 atom stereocenters. The highest BCUT2D eigenvalue weighted by molar-refractivity contribution is 7.09. The van der Waals surface area contributed by atoms with Crippen LogP contribution in [-0.2, 0) is 24.7 Å². The highest BCUT2D eigenvalue weighted by Crippen LogP contribution is 2.27. The minimum atomic E-state index is -0.0270. The number of nitrogens with zero attached hydrogens (tertiary/aromatic N) is 3. The lowest BCUT2D eigenvalue weighted by atomic mass is 9.90. The Kier molecular flexibility index (Phi) is 8.85. The molecule has 1 fully saturated rings. The van der Waals surface area contributed by atoms with Crippen molar-refractivity contribution in [2.45, 2.75) is 25.7 Å². The average molecular weight is 406 g/mol. The van der Waals surface area contributed by atoms with E-state index in [-0.39, 0.29) is 42.6 Å². The number of carbonyl (C=O) groups is 1. The van der Waals surface area contributed by atoms with Crippen LogP contribution in [0, 0.1) is 5.92 Å². The summed E-state index contributed by atoms with van der Waals surface area (Å²) in [5, 5.41) is 13.8. The van der Waals surface area contributed by atoms with Crippen LogP contribution in [0.2, 0.25) is 0 Å². The zero-order valence-corrected chi connectivity index (χ0v) is 16.8. The first-order valence-electron chi connectivity index (χ1n) is 8.07. The second kappa shape index (κ2) is 10.1. The van der Waals surface area contributed by atoms with Crippen molar-refractivity contribution in [1.29, 1.82) is 0 Å². The summed E-state index contributed by atoms with van der Waals surface area (Å²) in [6.07, 6.45) is 5.62. The van der Waals surface area contributed by atoms with Crippen molar-refractivity contribution in [2.24, 2.45) is 13.0 Å². The number of hydrogen-bond acceptors (Lipinski definition) is 5. The summed E-state index contributed by atoms with van der Waals surface area (Å²) >= 11 is 1.69. The van der Waals surface area contributed by atoms with E-state index in [2.05, 4.69) is 33.0 Å². The molecule has 9 heteroatoms. The molecule has 0 aromatic carbocycles. The van der Waals surface area contributed by atoms with Crippen LogP contribution in [0.5, 0.6) is 0 Å². The predicted octanol–water partition coefficient (Wildman–Crippen LogP) is 1.94. The van der Waals surface area contributed by atoms with Crippen molar-refractivity contribution < 1.29 is 4.79 Å². The third kappa shape index (κ3) is 5.41. The first-order chi connectivity index (χ1) is 11.2. The van der Waals surface area contributed by atoms with Crippen LogP contribution in [-0.4, -0.2) is 40.3 Å². The van der Waals surface area contributed by atoms with Gasteiger partial charge in [-0.2, -0.15) is 5.10 Å². The van der Waals surface area contributed by atoms with Crippen molar-refractivity contribution >= 4 is 42.1 Å². The fourth-order valence-corrected chi connectivity index (χ4v) is 3.79. The number of thiazole rings is 1. The predicted molar refractivity (Wildman–Crippen MR) is 105 cm³/mol. The summed E-state index contributed by atoms with van der Waals surface area (Å²) in [5.74, 6) is 0.297. The second-order valence-electron chi connectivity index (χ2n) is 5.95. The number of hydrogen-bond donors (Lipinski definition) is 2. The number of halogens is 2. The molecule has 2 aromatic rings. The topological polar surface area (TPSA) is 71.8 Å². The lowest BCUT2D eigenvalue weighted by Gasteiger charge is -2.16. The largest absolute Gasteiger partial charge is 0.355 e. The molecule has 3 rings (SSSR count). The van der Waals surface area contributed by atoms with Crippen LogP contribution < -0.4 is 10.6 Å². The first kappa shape index (κ1) is 21.9. The van der Waals surface area contributed by atoms with Gasteiger partial charge in [-0.15, -0.1) is 36.2 Å². The Bertz CT molecular complexity index is 675. The van der Waals surface area contributed by atoms with Gasteiger partial charge in [-0.25, -0.2) is 4.98 Å². The maximum Gasteiger partial charge on any atom is 0.225 e. The van der Waals surface area contributed by atoms with Gasteiger partial charge in [0.15, 0.2) is 0 Å². The van der Waals surface area contributed by atoms with Crippen LogP contribution in [0.4, 0.5) is 0 Å². The van der Waals surface area contributed by atoms with E-state index < -0.39 is 0 Å². The Balaban J connectivity index is 0.00000156. The number of carbonyl (C=O) groups excluding carboxylic acids is 1. The summed E-state index contributed by atoms with van der Waals surface area (Å²) in [7, 11) is 1.90. The molecule has 1 saturated heterocycles. The van der Waals surface area contributed by atoms with Gasteiger partial charge in [0.2, 0.25) is 5.91 Å². The zero-order valence-electron chi connectivity index (χ0n) is 14.4. The molecule has 0 unspecified atom stereocenters. The number of aryl methyl sites for hydroxylation is 2. The van der Waals surface area contributed by atoms with Gasteiger partial charge in [0.25, 0.3) is 0 Å². The molecule has 1 amide bonds. The Morgan fingerprint density at radius 1 is 1.44 bits per heavy atom. The standard InChI is InChI=1S/C16H23N5OS.2ClH/c1-3-15-20-12(10-23-15)4-5-18-16(22)14-8-17-7-13(14)11-6-19-21(2)9-11;;/h6,9-10,13-14,17H,3-5,7-8H2,1-2H3,(H,18,22);2*1H/t13-,14+;;/m1../s1. The summed E-state index contributed by atoms with van der Waals surface area (Å²) < 4.78 is 1.79. The minimum Gasteiger partial charge on any atom is -0.355 e. The maximum absolute atomic E-state index is 12.5. The Labute approximate surface area is 164 Å². The van der Waals surface area contributed by atoms with Gasteiger partial charge in [-0.05, 0) is 12.0 Å². The minimum absolute atomic E-state index is 0. The third-order valence-corrected chi connectivity index (χ3v) is 5.33. The summed E-state index contributed by atoms with van der Waals surface area (Å²) in [5.41, 5.74) is 2.20. The molecule has 1 aliphatic rings. The molecule has 3 heterocycles. The van der Waals surface area contributed by atoms with Gasteiger partial charge in [-0.1, -0.05) is 6.92 Å². The molecule has 0 radical (unpaired) electrons. The van der Waals surface area contributed by atoms with Gasteiger partial charge in [0.1, 0.15) is 0 Å². The van der Waals surface area contributed by atoms with Crippen molar-refractivity contribution in [3.63, 3.8) is 0 Å². The van der Waals surface area contributed by atoms with Crippen molar-refractivity contribution in [1.82, 2.24) is 25.4 Å². The van der Waals surface area contributed by atoms with Crippen LogP contribution in [0.1, 0.15) is 29.1 Å². The van der Waals surface area contributed by atoms with Crippen LogP contribution in [0.15, 0.2) is 17.8 Å². The Hall–Kier alpha value is -1.15. The van der Waals surface area contributed by atoms with E-state index in [1.165, 1.54) is 0 Å². The lowest BCUT2D eigenvalue weighted by molar-refractivity contribution is -0.124. The molecule has 2 N–H and O–H groups in total. The second-order valence-corrected chi connectivity index (χ2v) is 6.89. The molecule has 0 bridgehead atoms. The average Bonchev–Trinajstić information content (AvgIpc) is 3.26. The van der Waals surface area contributed by atoms with Crippen LogP contribution in [0.3, 0.4) is 0 Å². The van der Waals surface area contributed by atoms with Gasteiger partial charge >= 0.3 is 0 Å². The molecule has 0 spiro atoms. The van der Waals surface area contributed by atoms with E-state index in [0.717, 1.165) is 42.2 Å². The molecule has 0 aliphatic carbocycles. The Morgan fingerprint density at radius 2 is 2.24 bits per heavy atom. The zero-order chi connectivity index (χ0) is 16.2. The smallest absolute Gasteiger partial charge is 0.225 e. The molecule has 0 saturated carbocycles.